The fourth-order valence-electron chi connectivity index (χ4n) is 1.37. The number of ketones is 2. The van der Waals surface area contributed by atoms with Crippen LogP contribution >= 0.6 is 0 Å². The zero-order valence-electron chi connectivity index (χ0n) is 9.79. The summed E-state index contributed by atoms with van der Waals surface area (Å²) in [6, 6.07) is 0. The lowest BCUT2D eigenvalue weighted by atomic mass is 10.1. The van der Waals surface area contributed by atoms with Crippen LogP contribution in [0, 0.1) is 17.8 Å². The summed E-state index contributed by atoms with van der Waals surface area (Å²) >= 11 is 0. The molecule has 0 bridgehead atoms. The van der Waals surface area contributed by atoms with Crippen molar-refractivity contribution in [1.29, 1.82) is 0 Å². The molecule has 1 rings (SSSR count). The van der Waals surface area contributed by atoms with E-state index in [1.165, 1.54) is 6.92 Å². The van der Waals surface area contributed by atoms with Gasteiger partial charge >= 0.3 is 0 Å². The molecule has 16 heavy (non-hydrogen) atoms. The average Bonchev–Trinajstić information content (AvgIpc) is 3.04. The second-order valence-corrected chi connectivity index (χ2v) is 4.18. The van der Waals surface area contributed by atoms with Gasteiger partial charge in [-0.1, -0.05) is 12.0 Å². The second kappa shape index (κ2) is 7.00. The molecule has 1 fully saturated rings. The largest absolute Gasteiger partial charge is 0.295 e. The zero-order valence-corrected chi connectivity index (χ0v) is 9.79. The van der Waals surface area contributed by atoms with E-state index in [1.807, 2.05) is 6.08 Å². The molecular weight excluding hydrogens is 200 g/mol. The molecule has 1 saturated carbocycles. The highest BCUT2D eigenvalue weighted by molar-refractivity contribution is 5.93. The Morgan fingerprint density at radius 3 is 2.69 bits per heavy atom. The molecule has 1 aliphatic rings. The molecule has 0 amide bonds. The minimum atomic E-state index is -0.0741. The number of unbranched alkanes of at least 4 members (excludes halogenated alkanes) is 3. The summed E-state index contributed by atoms with van der Waals surface area (Å²) in [5.74, 6) is 5.88. The van der Waals surface area contributed by atoms with E-state index in [9.17, 15) is 9.59 Å². The highest BCUT2D eigenvalue weighted by atomic mass is 16.1. The third kappa shape index (κ3) is 6.19. The van der Waals surface area contributed by atoms with Crippen LogP contribution in [-0.4, -0.2) is 11.6 Å². The van der Waals surface area contributed by atoms with Crippen molar-refractivity contribution in [3.63, 3.8) is 0 Å². The maximum Gasteiger partial charge on any atom is 0.202 e. The monoisotopic (exact) mass is 218 g/mol. The number of Topliss-reactive ketones (excluding diaryl/α,β-unsaturated/α-hetero) is 1. The molecule has 0 saturated heterocycles. The fraction of sp³-hybridized carbons (Fsp3) is 0.571. The van der Waals surface area contributed by atoms with Crippen LogP contribution in [-0.2, 0) is 9.59 Å². The molecule has 0 aliphatic heterocycles. The van der Waals surface area contributed by atoms with E-state index < -0.39 is 0 Å². The molecule has 0 aromatic rings. The minimum Gasteiger partial charge on any atom is -0.295 e. The van der Waals surface area contributed by atoms with Crippen LogP contribution in [0.3, 0.4) is 0 Å². The van der Waals surface area contributed by atoms with Gasteiger partial charge in [0.2, 0.25) is 5.78 Å². The van der Waals surface area contributed by atoms with Crippen LogP contribution in [0.1, 0.15) is 45.4 Å². The second-order valence-electron chi connectivity index (χ2n) is 4.18. The van der Waals surface area contributed by atoms with Crippen molar-refractivity contribution in [3.8, 4) is 11.8 Å². The van der Waals surface area contributed by atoms with Crippen molar-refractivity contribution in [2.24, 2.45) is 5.92 Å². The Balaban J connectivity index is 1.97. The molecule has 0 spiro atoms. The third-order valence-electron chi connectivity index (χ3n) is 2.45. The highest BCUT2D eigenvalue weighted by Crippen LogP contribution is 2.30. The molecule has 0 aromatic carbocycles. The Kier molecular flexibility index (Phi) is 5.56. The Morgan fingerprint density at radius 2 is 2.06 bits per heavy atom. The summed E-state index contributed by atoms with van der Waals surface area (Å²) in [6.45, 7) is 1.47. The number of allylic oxidation sites excluding steroid dienone is 2. The highest BCUT2D eigenvalue weighted by Gasteiger charge is 2.27. The van der Waals surface area contributed by atoms with Gasteiger partial charge in [-0.05, 0) is 44.1 Å². The summed E-state index contributed by atoms with van der Waals surface area (Å²) in [4.78, 5) is 21.8. The average molecular weight is 218 g/mol. The number of hydrogen-bond acceptors (Lipinski definition) is 2. The van der Waals surface area contributed by atoms with Crippen molar-refractivity contribution in [3.05, 3.63) is 12.2 Å². The number of carbonyl (C=O) groups is 2. The Hall–Kier alpha value is -1.36. The van der Waals surface area contributed by atoms with Crippen molar-refractivity contribution in [2.45, 2.75) is 45.4 Å². The van der Waals surface area contributed by atoms with Crippen LogP contribution < -0.4 is 0 Å². The normalized spacial score (nSPS) is 14.6. The van der Waals surface area contributed by atoms with Crippen LogP contribution in [0.2, 0.25) is 0 Å². The van der Waals surface area contributed by atoms with Crippen molar-refractivity contribution < 1.29 is 9.59 Å². The lowest BCUT2D eigenvalue weighted by molar-refractivity contribution is -0.115. The molecule has 0 unspecified atom stereocenters. The van der Waals surface area contributed by atoms with E-state index in [0.29, 0.717) is 5.92 Å². The smallest absolute Gasteiger partial charge is 0.202 e. The summed E-state index contributed by atoms with van der Waals surface area (Å²) in [6.07, 6.45) is 9.54. The van der Waals surface area contributed by atoms with Crippen molar-refractivity contribution in [2.75, 3.05) is 0 Å². The fourth-order valence-corrected chi connectivity index (χ4v) is 1.37. The van der Waals surface area contributed by atoms with Crippen LogP contribution in [0.15, 0.2) is 12.2 Å². The van der Waals surface area contributed by atoms with Gasteiger partial charge in [-0.25, -0.2) is 0 Å². The van der Waals surface area contributed by atoms with E-state index in [0.717, 1.165) is 38.5 Å². The zero-order chi connectivity index (χ0) is 11.8. The molecule has 0 heterocycles. The number of carbonyl (C=O) groups excluding carboxylic acids is 2. The molecule has 0 aromatic heterocycles. The van der Waals surface area contributed by atoms with E-state index >= 15 is 0 Å². The topological polar surface area (TPSA) is 34.1 Å². The number of hydrogen-bond donors (Lipinski definition) is 0. The number of rotatable bonds is 6. The van der Waals surface area contributed by atoms with Gasteiger partial charge in [0.15, 0.2) is 5.78 Å². The molecule has 2 heteroatoms. The van der Waals surface area contributed by atoms with Crippen LogP contribution in [0.4, 0.5) is 0 Å². The minimum absolute atomic E-state index is 0.0741. The molecule has 2 nitrogen and oxygen atoms in total. The predicted molar refractivity (Wildman–Crippen MR) is 63.8 cm³/mol. The lowest BCUT2D eigenvalue weighted by Gasteiger charge is -1.91. The van der Waals surface area contributed by atoms with Gasteiger partial charge in [0.25, 0.3) is 0 Å². The summed E-state index contributed by atoms with van der Waals surface area (Å²) in [5.41, 5.74) is 0. The van der Waals surface area contributed by atoms with Crippen LogP contribution in [0.5, 0.6) is 0 Å². The molecule has 0 radical (unpaired) electrons. The van der Waals surface area contributed by atoms with Gasteiger partial charge in [0.05, 0.1) is 0 Å². The molecule has 1 aliphatic carbocycles. The first-order valence-corrected chi connectivity index (χ1v) is 5.90. The quantitative estimate of drug-likeness (QED) is 0.297. The van der Waals surface area contributed by atoms with Gasteiger partial charge < -0.3 is 0 Å². The third-order valence-corrected chi connectivity index (χ3v) is 2.45. The van der Waals surface area contributed by atoms with E-state index in [2.05, 4.69) is 11.8 Å². The SMILES string of the molecule is CC(=O)C#CCCCC/C=C/C(=O)C1CC1. The first-order chi connectivity index (χ1) is 7.70. The molecular formula is C14H18O2. The van der Waals surface area contributed by atoms with Crippen LogP contribution in [0.25, 0.3) is 0 Å². The van der Waals surface area contributed by atoms with E-state index in [1.54, 1.807) is 6.08 Å². The van der Waals surface area contributed by atoms with Gasteiger partial charge in [-0.2, -0.15) is 0 Å². The molecule has 0 N–H and O–H groups in total. The van der Waals surface area contributed by atoms with Gasteiger partial charge in [-0.3, -0.25) is 9.59 Å². The van der Waals surface area contributed by atoms with Gasteiger partial charge in [0, 0.05) is 19.3 Å². The lowest BCUT2D eigenvalue weighted by Crippen LogP contribution is -1.93. The van der Waals surface area contributed by atoms with Gasteiger partial charge in [-0.15, -0.1) is 0 Å². The predicted octanol–water partition coefficient (Wildman–Crippen LogP) is 2.67. The molecule has 86 valence electrons. The summed E-state index contributed by atoms with van der Waals surface area (Å²) in [7, 11) is 0. The standard InChI is InChI=1S/C14H18O2/c1-12(15)8-6-4-2-3-5-7-9-14(16)13-10-11-13/h7,9,13H,2-5,10-11H2,1H3/b9-7+. The Labute approximate surface area is 97.1 Å². The summed E-state index contributed by atoms with van der Waals surface area (Å²) < 4.78 is 0. The molecule has 0 atom stereocenters. The van der Waals surface area contributed by atoms with E-state index in [4.69, 9.17) is 0 Å². The Morgan fingerprint density at radius 1 is 1.31 bits per heavy atom. The Bertz CT molecular complexity index is 337. The van der Waals surface area contributed by atoms with Crippen molar-refractivity contribution in [1.82, 2.24) is 0 Å². The first-order valence-electron chi connectivity index (χ1n) is 5.90. The maximum atomic E-state index is 11.3. The van der Waals surface area contributed by atoms with Gasteiger partial charge in [0.1, 0.15) is 0 Å². The first kappa shape index (κ1) is 12.7. The van der Waals surface area contributed by atoms with Crippen molar-refractivity contribution >= 4 is 11.6 Å². The van der Waals surface area contributed by atoms with E-state index in [-0.39, 0.29) is 11.6 Å². The maximum absolute atomic E-state index is 11.3. The summed E-state index contributed by atoms with van der Waals surface area (Å²) in [5, 5.41) is 0.